The molecule has 0 heterocycles. The molecule has 0 atom stereocenters. The predicted molar refractivity (Wildman–Crippen MR) is 110 cm³/mol. The Bertz CT molecular complexity index is 691. The van der Waals surface area contributed by atoms with E-state index in [0.717, 1.165) is 25.6 Å². The quantitative estimate of drug-likeness (QED) is 0.355. The van der Waals surface area contributed by atoms with Crippen LogP contribution in [0, 0.1) is 0 Å². The van der Waals surface area contributed by atoms with E-state index in [1.54, 1.807) is 6.08 Å². The van der Waals surface area contributed by atoms with Crippen LogP contribution in [-0.2, 0) is 6.42 Å². The van der Waals surface area contributed by atoms with Crippen molar-refractivity contribution in [2.45, 2.75) is 6.42 Å². The lowest BCUT2D eigenvalue weighted by Crippen LogP contribution is -2.03. The summed E-state index contributed by atoms with van der Waals surface area (Å²) in [5.74, 6) is 1.42. The van der Waals surface area contributed by atoms with Crippen molar-refractivity contribution in [2.24, 2.45) is 0 Å². The summed E-state index contributed by atoms with van der Waals surface area (Å²) >= 11 is 21.5. The maximum Gasteiger partial charge on any atom is 0.147 e. The van der Waals surface area contributed by atoms with E-state index in [0.29, 0.717) is 19.0 Å². The van der Waals surface area contributed by atoms with Gasteiger partial charge in [-0.25, -0.2) is 0 Å². The molecular weight excluding hydrogens is 547 g/mol. The molecule has 0 saturated heterocycles. The number of rotatable bonds is 7. The van der Waals surface area contributed by atoms with Crippen LogP contribution >= 0.6 is 71.0 Å². The molecule has 0 unspecified atom stereocenters. The Morgan fingerprint density at radius 2 is 1.58 bits per heavy atom. The first-order chi connectivity index (χ1) is 11.5. The van der Waals surface area contributed by atoms with Gasteiger partial charge in [-0.3, -0.25) is 0 Å². The minimum absolute atomic E-state index is 0.182. The zero-order chi connectivity index (χ0) is 17.5. The Balaban J connectivity index is 1.95. The third-order valence-corrected chi connectivity index (χ3v) is 5.03. The largest absolute Gasteiger partial charge is 0.491 e. The molecule has 7 heteroatoms. The van der Waals surface area contributed by atoms with Gasteiger partial charge < -0.3 is 9.47 Å². The second kappa shape index (κ2) is 10.1. The summed E-state index contributed by atoms with van der Waals surface area (Å²) in [5.41, 5.74) is 1.22. The van der Waals surface area contributed by atoms with Gasteiger partial charge in [-0.1, -0.05) is 51.3 Å². The molecule has 2 nitrogen and oxygen atoms in total. The smallest absolute Gasteiger partial charge is 0.147 e. The summed E-state index contributed by atoms with van der Waals surface area (Å²) < 4.78 is 14.3. The van der Waals surface area contributed by atoms with E-state index < -0.39 is 0 Å². The zero-order valence-electron chi connectivity index (χ0n) is 12.4. The number of benzene rings is 2. The van der Waals surface area contributed by atoms with Gasteiger partial charge in [0.05, 0.1) is 15.6 Å². The van der Waals surface area contributed by atoms with Gasteiger partial charge in [-0.15, -0.1) is 0 Å². The molecule has 2 rings (SSSR count). The predicted octanol–water partition coefficient (Wildman–Crippen LogP) is 7.29. The average Bonchev–Trinajstić information content (AvgIpc) is 2.51. The van der Waals surface area contributed by atoms with E-state index in [4.69, 9.17) is 32.7 Å². The Hall–Kier alpha value is -0.200. The van der Waals surface area contributed by atoms with Gasteiger partial charge in [0.1, 0.15) is 22.6 Å². The molecule has 0 fully saturated rings. The molecule has 0 aliphatic rings. The van der Waals surface area contributed by atoms with Crippen molar-refractivity contribution in [3.8, 4) is 11.5 Å². The van der Waals surface area contributed by atoms with Crippen LogP contribution in [0.15, 0.2) is 60.4 Å². The van der Waals surface area contributed by atoms with Gasteiger partial charge in [-0.2, -0.15) is 0 Å². The van der Waals surface area contributed by atoms with Crippen LogP contribution < -0.4 is 9.47 Å². The molecule has 0 N–H and O–H groups in total. The average molecular weight is 560 g/mol. The van der Waals surface area contributed by atoms with Crippen LogP contribution in [0.1, 0.15) is 5.56 Å². The van der Waals surface area contributed by atoms with Crippen LogP contribution in [0.5, 0.6) is 11.5 Å². The molecule has 0 aromatic heterocycles. The minimum Gasteiger partial charge on any atom is -0.491 e. The maximum atomic E-state index is 5.88. The topological polar surface area (TPSA) is 18.5 Å². The summed E-state index contributed by atoms with van der Waals surface area (Å²) in [7, 11) is 0. The summed E-state index contributed by atoms with van der Waals surface area (Å²) in [6.07, 6.45) is 2.40. The van der Waals surface area contributed by atoms with E-state index >= 15 is 0 Å². The van der Waals surface area contributed by atoms with Crippen molar-refractivity contribution in [2.75, 3.05) is 13.2 Å². The van der Waals surface area contributed by atoms with Gasteiger partial charge in [0, 0.05) is 10.9 Å². The molecule has 0 radical (unpaired) electrons. The van der Waals surface area contributed by atoms with Crippen LogP contribution in [0.3, 0.4) is 0 Å². The minimum atomic E-state index is 0.182. The Kier molecular flexibility index (Phi) is 8.44. The molecule has 128 valence electrons. The number of hydrogen-bond acceptors (Lipinski definition) is 2. The lowest BCUT2D eigenvalue weighted by molar-refractivity contribution is 0.315. The summed E-state index contributed by atoms with van der Waals surface area (Å²) in [6.45, 7) is 0.870. The van der Waals surface area contributed by atoms with Crippen molar-refractivity contribution in [3.63, 3.8) is 0 Å². The molecule has 24 heavy (non-hydrogen) atoms. The second-order valence-electron chi connectivity index (χ2n) is 4.75. The lowest BCUT2D eigenvalue weighted by Gasteiger charge is -2.12. The van der Waals surface area contributed by atoms with Gasteiger partial charge in [0.25, 0.3) is 0 Å². The monoisotopic (exact) mass is 556 g/mol. The Morgan fingerprint density at radius 1 is 0.958 bits per heavy atom. The third kappa shape index (κ3) is 6.60. The first-order valence-corrected chi connectivity index (χ1v) is 10.1. The highest BCUT2D eigenvalue weighted by atomic mass is 79.9. The van der Waals surface area contributed by atoms with Crippen molar-refractivity contribution >= 4 is 71.0 Å². The first-order valence-electron chi connectivity index (χ1n) is 6.96. The molecule has 0 aliphatic carbocycles. The normalized spacial score (nSPS) is 10.4. The third-order valence-electron chi connectivity index (χ3n) is 3.01. The summed E-state index contributed by atoms with van der Waals surface area (Å²) in [5, 5.41) is 0. The SMILES string of the molecule is ClC(Cl)=CCOc1cc(Br)c(OCCc2ccc(Br)cc2)c(Br)c1. The molecule has 0 bridgehead atoms. The highest BCUT2D eigenvalue weighted by Gasteiger charge is 2.10. The van der Waals surface area contributed by atoms with Gasteiger partial charge >= 0.3 is 0 Å². The zero-order valence-corrected chi connectivity index (χ0v) is 18.6. The van der Waals surface area contributed by atoms with E-state index in [2.05, 4.69) is 59.9 Å². The maximum absolute atomic E-state index is 5.88. The fraction of sp³-hybridized carbons (Fsp3) is 0.176. The van der Waals surface area contributed by atoms with Crippen LogP contribution in [0.25, 0.3) is 0 Å². The Morgan fingerprint density at radius 3 is 2.17 bits per heavy atom. The second-order valence-corrected chi connectivity index (χ2v) is 8.38. The first kappa shape index (κ1) is 20.1. The van der Waals surface area contributed by atoms with Gasteiger partial charge in [0.15, 0.2) is 0 Å². The lowest BCUT2D eigenvalue weighted by atomic mass is 10.2. The highest BCUT2D eigenvalue weighted by molar-refractivity contribution is 9.11. The number of hydrogen-bond donors (Lipinski definition) is 0. The summed E-state index contributed by atoms with van der Waals surface area (Å²) in [6, 6.07) is 11.9. The molecule has 0 amide bonds. The van der Waals surface area contributed by atoms with Crippen molar-refractivity contribution in [1.82, 2.24) is 0 Å². The number of ether oxygens (including phenoxy) is 2. The van der Waals surface area contributed by atoms with Gasteiger partial charge in [0.2, 0.25) is 0 Å². The molecule has 0 spiro atoms. The van der Waals surface area contributed by atoms with E-state index in [-0.39, 0.29) is 4.49 Å². The molecule has 0 saturated carbocycles. The molecule has 2 aromatic rings. The van der Waals surface area contributed by atoms with E-state index in [1.165, 1.54) is 5.56 Å². The standard InChI is InChI=1S/C17H13Br3Cl2O2/c18-12-3-1-11(2-4-12)5-7-24-17-14(19)9-13(10-15(17)20)23-8-6-16(21)22/h1-4,6,9-10H,5,7-8H2. The summed E-state index contributed by atoms with van der Waals surface area (Å²) in [4.78, 5) is 0. The fourth-order valence-corrected chi connectivity index (χ4v) is 3.64. The molecular formula is C17H13Br3Cl2O2. The number of halogens is 5. The molecule has 0 aliphatic heterocycles. The van der Waals surface area contributed by atoms with Crippen LogP contribution in [-0.4, -0.2) is 13.2 Å². The Labute approximate surface area is 176 Å². The highest BCUT2D eigenvalue weighted by Crippen LogP contribution is 2.37. The van der Waals surface area contributed by atoms with E-state index in [9.17, 15) is 0 Å². The van der Waals surface area contributed by atoms with Crippen molar-refractivity contribution in [1.29, 1.82) is 0 Å². The van der Waals surface area contributed by atoms with Crippen LogP contribution in [0.4, 0.5) is 0 Å². The molecule has 2 aromatic carbocycles. The van der Waals surface area contributed by atoms with Crippen molar-refractivity contribution in [3.05, 3.63) is 65.9 Å². The van der Waals surface area contributed by atoms with Gasteiger partial charge in [-0.05, 0) is 67.8 Å². The fourth-order valence-electron chi connectivity index (χ4n) is 1.88. The van der Waals surface area contributed by atoms with Crippen molar-refractivity contribution < 1.29 is 9.47 Å². The van der Waals surface area contributed by atoms with Crippen LogP contribution in [0.2, 0.25) is 0 Å². The van der Waals surface area contributed by atoms with E-state index in [1.807, 2.05) is 24.3 Å².